The Morgan fingerprint density at radius 1 is 1.24 bits per heavy atom. The van der Waals surface area contributed by atoms with Crippen LogP contribution >= 0.6 is 0 Å². The molecule has 108 valence electrons. The van der Waals surface area contributed by atoms with Crippen LogP contribution < -0.4 is 11.1 Å². The molecule has 0 fully saturated rings. The molecule has 3 rings (SSSR count). The zero-order valence-corrected chi connectivity index (χ0v) is 11.0. The van der Waals surface area contributed by atoms with Crippen molar-refractivity contribution < 1.29 is 8.78 Å². The summed E-state index contributed by atoms with van der Waals surface area (Å²) >= 11 is 0. The van der Waals surface area contributed by atoms with Gasteiger partial charge in [-0.2, -0.15) is 5.10 Å². The molecular formula is C14H13F2N5. The average Bonchev–Trinajstić information content (AvgIpc) is 2.94. The van der Waals surface area contributed by atoms with Gasteiger partial charge in [-0.25, -0.2) is 13.8 Å². The number of H-pyrrole nitrogens is 1. The lowest BCUT2D eigenvalue weighted by atomic mass is 10.1. The molecule has 0 unspecified atom stereocenters. The lowest BCUT2D eigenvalue weighted by molar-refractivity contribution is 0.560. The topological polar surface area (TPSA) is 79.6 Å². The molecule has 0 aliphatic carbocycles. The number of nitrogen functional groups attached to an aromatic ring is 1. The SMILES string of the molecule is Nc1ccc(F)c(CCNc2cnc3[nH]ncc3c2)c1F. The van der Waals surface area contributed by atoms with Crippen LogP contribution in [0.3, 0.4) is 0 Å². The molecule has 2 heterocycles. The Morgan fingerprint density at radius 3 is 2.95 bits per heavy atom. The van der Waals surface area contributed by atoms with Crippen LogP contribution in [-0.2, 0) is 6.42 Å². The summed E-state index contributed by atoms with van der Waals surface area (Å²) in [5, 5.41) is 10.6. The van der Waals surface area contributed by atoms with Gasteiger partial charge >= 0.3 is 0 Å². The van der Waals surface area contributed by atoms with E-state index >= 15 is 0 Å². The van der Waals surface area contributed by atoms with Gasteiger partial charge in [0, 0.05) is 17.5 Å². The van der Waals surface area contributed by atoms with Crippen LogP contribution in [0.4, 0.5) is 20.2 Å². The van der Waals surface area contributed by atoms with E-state index in [-0.39, 0.29) is 17.7 Å². The molecule has 3 aromatic rings. The van der Waals surface area contributed by atoms with Crippen LogP contribution in [0.5, 0.6) is 0 Å². The fourth-order valence-electron chi connectivity index (χ4n) is 2.11. The molecule has 0 saturated carbocycles. The van der Waals surface area contributed by atoms with Crippen LogP contribution in [-0.4, -0.2) is 21.7 Å². The number of nitrogens with zero attached hydrogens (tertiary/aromatic N) is 2. The molecule has 0 bridgehead atoms. The highest BCUT2D eigenvalue weighted by Crippen LogP contribution is 2.19. The van der Waals surface area contributed by atoms with Gasteiger partial charge in [0.1, 0.15) is 5.82 Å². The molecule has 4 N–H and O–H groups in total. The maximum absolute atomic E-state index is 13.7. The van der Waals surface area contributed by atoms with E-state index in [9.17, 15) is 8.78 Å². The Morgan fingerprint density at radius 2 is 2.10 bits per heavy atom. The number of anilines is 2. The minimum atomic E-state index is -0.694. The highest BCUT2D eigenvalue weighted by Gasteiger charge is 2.11. The zero-order valence-electron chi connectivity index (χ0n) is 11.0. The van der Waals surface area contributed by atoms with Crippen LogP contribution in [0.25, 0.3) is 11.0 Å². The quantitative estimate of drug-likeness (QED) is 0.645. The van der Waals surface area contributed by atoms with Crippen molar-refractivity contribution in [2.24, 2.45) is 0 Å². The van der Waals surface area contributed by atoms with Gasteiger partial charge in [0.15, 0.2) is 11.5 Å². The number of hydrogen-bond acceptors (Lipinski definition) is 4. The van der Waals surface area contributed by atoms with Crippen molar-refractivity contribution in [2.45, 2.75) is 6.42 Å². The second-order valence-corrected chi connectivity index (χ2v) is 4.64. The maximum Gasteiger partial charge on any atom is 0.155 e. The second-order valence-electron chi connectivity index (χ2n) is 4.64. The Kier molecular flexibility index (Phi) is 3.39. The molecule has 0 saturated heterocycles. The standard InChI is InChI=1S/C14H13F2N5/c15-11-1-2-12(17)13(16)10(11)3-4-18-9-5-8-6-20-21-14(8)19-7-9/h1-2,5-7,18H,3-4,17H2,(H,19,20,21). The van der Waals surface area contributed by atoms with Gasteiger partial charge in [-0.15, -0.1) is 0 Å². The third-order valence-corrected chi connectivity index (χ3v) is 3.21. The van der Waals surface area contributed by atoms with E-state index in [1.165, 1.54) is 12.1 Å². The first-order chi connectivity index (χ1) is 10.1. The van der Waals surface area contributed by atoms with Gasteiger partial charge in [-0.1, -0.05) is 0 Å². The largest absolute Gasteiger partial charge is 0.396 e. The molecule has 5 nitrogen and oxygen atoms in total. The van der Waals surface area contributed by atoms with Crippen molar-refractivity contribution in [2.75, 3.05) is 17.6 Å². The minimum Gasteiger partial charge on any atom is -0.396 e. The van der Waals surface area contributed by atoms with Crippen molar-refractivity contribution in [3.05, 3.63) is 47.8 Å². The fourth-order valence-corrected chi connectivity index (χ4v) is 2.11. The summed E-state index contributed by atoms with van der Waals surface area (Å²) < 4.78 is 27.3. The van der Waals surface area contributed by atoms with Crippen molar-refractivity contribution in [3.63, 3.8) is 0 Å². The number of nitrogens with one attached hydrogen (secondary N) is 2. The van der Waals surface area contributed by atoms with E-state index in [1.807, 2.05) is 6.07 Å². The molecule has 0 aliphatic heterocycles. The van der Waals surface area contributed by atoms with Gasteiger partial charge in [0.05, 0.1) is 23.8 Å². The summed E-state index contributed by atoms with van der Waals surface area (Å²) in [5.74, 6) is -1.29. The summed E-state index contributed by atoms with van der Waals surface area (Å²) in [7, 11) is 0. The van der Waals surface area contributed by atoms with Crippen LogP contribution in [0.2, 0.25) is 0 Å². The second kappa shape index (κ2) is 5.35. The Hall–Kier alpha value is -2.70. The number of hydrogen-bond donors (Lipinski definition) is 3. The molecule has 0 aliphatic rings. The number of aromatic amines is 1. The Bertz CT molecular complexity index is 784. The van der Waals surface area contributed by atoms with Crippen LogP contribution in [0, 0.1) is 11.6 Å². The van der Waals surface area contributed by atoms with Gasteiger partial charge in [0.25, 0.3) is 0 Å². The molecule has 21 heavy (non-hydrogen) atoms. The fraction of sp³-hybridized carbons (Fsp3) is 0.143. The molecule has 2 aromatic heterocycles. The van der Waals surface area contributed by atoms with E-state index < -0.39 is 11.6 Å². The number of benzene rings is 1. The third kappa shape index (κ3) is 2.62. The molecule has 0 radical (unpaired) electrons. The van der Waals surface area contributed by atoms with Crippen molar-refractivity contribution in [1.29, 1.82) is 0 Å². The predicted octanol–water partition coefficient (Wildman–Crippen LogP) is 2.47. The molecule has 7 heteroatoms. The predicted molar refractivity (Wildman–Crippen MR) is 76.9 cm³/mol. The van der Waals surface area contributed by atoms with E-state index in [0.29, 0.717) is 12.2 Å². The van der Waals surface area contributed by atoms with E-state index in [1.54, 1.807) is 12.4 Å². The summed E-state index contributed by atoms with van der Waals surface area (Å²) in [4.78, 5) is 4.17. The van der Waals surface area contributed by atoms with E-state index in [0.717, 1.165) is 11.1 Å². The summed E-state index contributed by atoms with van der Waals surface area (Å²) in [6.45, 7) is 0.363. The van der Waals surface area contributed by atoms with Crippen molar-refractivity contribution >= 4 is 22.4 Å². The number of pyridine rings is 1. The lowest BCUT2D eigenvalue weighted by Gasteiger charge is -2.09. The number of nitrogens with two attached hydrogens (primary N) is 1. The summed E-state index contributed by atoms with van der Waals surface area (Å²) in [6.07, 6.45) is 3.48. The van der Waals surface area contributed by atoms with E-state index in [4.69, 9.17) is 5.73 Å². The number of fused-ring (bicyclic) bond motifs is 1. The third-order valence-electron chi connectivity index (χ3n) is 3.21. The first-order valence-electron chi connectivity index (χ1n) is 6.40. The normalized spacial score (nSPS) is 11.0. The summed E-state index contributed by atoms with van der Waals surface area (Å²) in [5.41, 5.74) is 6.82. The Labute approximate surface area is 119 Å². The maximum atomic E-state index is 13.7. The van der Waals surface area contributed by atoms with Gasteiger partial charge in [-0.3, -0.25) is 5.10 Å². The highest BCUT2D eigenvalue weighted by molar-refractivity contribution is 5.77. The minimum absolute atomic E-state index is 0.0140. The summed E-state index contributed by atoms with van der Waals surface area (Å²) in [6, 6.07) is 4.25. The monoisotopic (exact) mass is 289 g/mol. The van der Waals surface area contributed by atoms with Gasteiger partial charge in [0.2, 0.25) is 0 Å². The molecular weight excluding hydrogens is 276 g/mol. The Balaban J connectivity index is 1.70. The lowest BCUT2D eigenvalue weighted by Crippen LogP contribution is -2.09. The smallest absolute Gasteiger partial charge is 0.155 e. The average molecular weight is 289 g/mol. The number of halogens is 2. The molecule has 0 atom stereocenters. The zero-order chi connectivity index (χ0) is 14.8. The number of rotatable bonds is 4. The van der Waals surface area contributed by atoms with E-state index in [2.05, 4.69) is 20.5 Å². The molecule has 0 amide bonds. The van der Waals surface area contributed by atoms with Gasteiger partial charge in [-0.05, 0) is 24.6 Å². The van der Waals surface area contributed by atoms with Crippen LogP contribution in [0.1, 0.15) is 5.56 Å². The molecule has 1 aromatic carbocycles. The molecule has 0 spiro atoms. The first kappa shape index (κ1) is 13.3. The van der Waals surface area contributed by atoms with Crippen molar-refractivity contribution in [3.8, 4) is 0 Å². The van der Waals surface area contributed by atoms with Gasteiger partial charge < -0.3 is 11.1 Å². The number of aromatic nitrogens is 3. The highest BCUT2D eigenvalue weighted by atomic mass is 19.1. The first-order valence-corrected chi connectivity index (χ1v) is 6.40. The van der Waals surface area contributed by atoms with Crippen LogP contribution in [0.15, 0.2) is 30.6 Å². The van der Waals surface area contributed by atoms with Crippen molar-refractivity contribution in [1.82, 2.24) is 15.2 Å².